The van der Waals surface area contributed by atoms with Gasteiger partial charge in [-0.2, -0.15) is 0 Å². The number of carbonyl (C=O) groups is 1. The Labute approximate surface area is 59.2 Å². The number of hydrogen-bond donors (Lipinski definition) is 3. The lowest BCUT2D eigenvalue weighted by molar-refractivity contribution is -0.137. The fourth-order valence-electron chi connectivity index (χ4n) is 0.414. The minimum atomic E-state index is -2.77. The molecule has 0 saturated carbocycles. The average Bonchev–Trinajstić information content (AvgIpc) is 1.60. The van der Waals surface area contributed by atoms with Gasteiger partial charge in [0.25, 0.3) is 0 Å². The molecule has 60 valence electrons. The third-order valence-corrected chi connectivity index (χ3v) is 1.81. The van der Waals surface area contributed by atoms with Gasteiger partial charge in [-0.1, -0.05) is 0 Å². The van der Waals surface area contributed by atoms with E-state index in [1.807, 2.05) is 0 Å². The first-order valence-electron chi connectivity index (χ1n) is 2.53. The molecule has 10 heavy (non-hydrogen) atoms. The van der Waals surface area contributed by atoms with Gasteiger partial charge in [-0.25, -0.2) is 0 Å². The molecule has 0 rings (SSSR count). The summed E-state index contributed by atoms with van der Waals surface area (Å²) in [5.41, 5.74) is 5.00. The number of aliphatic carboxylic acids is 1. The summed E-state index contributed by atoms with van der Waals surface area (Å²) in [6, 6.07) is -1.19. The lowest BCUT2D eigenvalue weighted by atomic mass is 10.4. The molecule has 0 heterocycles. The molecule has 4 N–H and O–H groups in total. The summed E-state index contributed by atoms with van der Waals surface area (Å²) < 4.78 is 17.5. The molecule has 0 bridgehead atoms. The fourth-order valence-corrected chi connectivity index (χ4v) is 1.24. The van der Waals surface area contributed by atoms with Crippen LogP contribution in [0.2, 0.25) is 0 Å². The lowest BCUT2D eigenvalue weighted by Crippen LogP contribution is -2.36. The number of hydrogen-bond acceptors (Lipinski definition) is 4. The van der Waals surface area contributed by atoms with E-state index in [2.05, 4.69) is 0 Å². The van der Waals surface area contributed by atoms with Gasteiger partial charge in [0.05, 0.1) is 5.75 Å². The Morgan fingerprint density at radius 3 is 2.40 bits per heavy atom. The van der Waals surface area contributed by atoms with Gasteiger partial charge in [0.2, 0.25) is 0 Å². The second-order valence-corrected chi connectivity index (χ2v) is 4.46. The van der Waals surface area contributed by atoms with Crippen LogP contribution in [0.3, 0.4) is 0 Å². The maximum atomic E-state index is 10.6. The van der Waals surface area contributed by atoms with Crippen LogP contribution in [0.15, 0.2) is 0 Å². The summed E-state index contributed by atoms with van der Waals surface area (Å²) in [5.74, 6) is -1.51. The van der Waals surface area contributed by atoms with Gasteiger partial charge in [-0.05, 0) is 0 Å². The molecule has 0 aliphatic carbocycles. The van der Waals surface area contributed by atoms with E-state index >= 15 is 0 Å². The largest absolute Gasteiger partial charge is 0.480 e. The van der Waals surface area contributed by atoms with Crippen LogP contribution < -0.4 is 5.73 Å². The molecule has 0 spiro atoms. The van der Waals surface area contributed by atoms with Crippen molar-refractivity contribution in [1.29, 1.82) is 4.78 Å². The minimum Gasteiger partial charge on any atom is -0.480 e. The molecule has 0 saturated heterocycles. The Hall–Kier alpha value is -0.620. The quantitative estimate of drug-likeness (QED) is 0.504. The van der Waals surface area contributed by atoms with Crippen LogP contribution in [0.25, 0.3) is 0 Å². The van der Waals surface area contributed by atoms with Crippen LogP contribution >= 0.6 is 0 Å². The summed E-state index contributed by atoms with van der Waals surface area (Å²) >= 11 is 0. The molecule has 5 nitrogen and oxygen atoms in total. The molecule has 2 atom stereocenters. The predicted molar refractivity (Wildman–Crippen MR) is 37.3 cm³/mol. The van der Waals surface area contributed by atoms with Gasteiger partial charge in [-0.15, -0.1) is 0 Å². The van der Waals surface area contributed by atoms with Crippen LogP contribution in [0.1, 0.15) is 0 Å². The second kappa shape index (κ2) is 2.98. The molecule has 0 aliphatic heterocycles. The number of nitrogens with one attached hydrogen (secondary N) is 1. The van der Waals surface area contributed by atoms with Crippen molar-refractivity contribution >= 4 is 15.7 Å². The van der Waals surface area contributed by atoms with Crippen LogP contribution in [0.5, 0.6) is 0 Å². The molecule has 0 fully saturated rings. The van der Waals surface area contributed by atoms with Crippen molar-refractivity contribution in [1.82, 2.24) is 0 Å². The zero-order valence-corrected chi connectivity index (χ0v) is 6.35. The van der Waals surface area contributed by atoms with Crippen molar-refractivity contribution in [3.8, 4) is 0 Å². The van der Waals surface area contributed by atoms with Crippen LogP contribution in [-0.4, -0.2) is 33.3 Å². The first-order valence-corrected chi connectivity index (χ1v) is 4.66. The molecule has 0 amide bonds. The number of nitrogens with two attached hydrogens (primary N) is 1. The molecule has 0 radical (unpaired) electrons. The van der Waals surface area contributed by atoms with Gasteiger partial charge in [0.15, 0.2) is 0 Å². The molecular weight excluding hydrogens is 156 g/mol. The Morgan fingerprint density at radius 2 is 2.30 bits per heavy atom. The zero-order chi connectivity index (χ0) is 8.36. The van der Waals surface area contributed by atoms with E-state index in [0.717, 1.165) is 6.26 Å². The van der Waals surface area contributed by atoms with Gasteiger partial charge in [0, 0.05) is 16.0 Å². The van der Waals surface area contributed by atoms with Crippen molar-refractivity contribution < 1.29 is 14.1 Å². The Bertz CT molecular complexity index is 221. The maximum absolute atomic E-state index is 10.6. The highest BCUT2D eigenvalue weighted by Crippen LogP contribution is 1.88. The van der Waals surface area contributed by atoms with Gasteiger partial charge >= 0.3 is 5.97 Å². The SMILES string of the molecule is CS(=N)(=O)C[C@H](N)C(=O)O. The van der Waals surface area contributed by atoms with E-state index in [1.165, 1.54) is 0 Å². The third-order valence-electron chi connectivity index (χ3n) is 0.815. The Balaban J connectivity index is 4.06. The van der Waals surface area contributed by atoms with E-state index in [9.17, 15) is 9.00 Å². The fraction of sp³-hybridized carbons (Fsp3) is 0.750. The van der Waals surface area contributed by atoms with Gasteiger partial charge < -0.3 is 10.8 Å². The number of rotatable bonds is 3. The molecule has 0 aromatic rings. The lowest BCUT2D eigenvalue weighted by Gasteiger charge is -2.04. The number of carboxylic acids is 1. The average molecular weight is 166 g/mol. The van der Waals surface area contributed by atoms with Crippen molar-refractivity contribution in [2.75, 3.05) is 12.0 Å². The molecular formula is C4H10N2O3S. The first-order chi connectivity index (χ1) is 4.33. The highest BCUT2D eigenvalue weighted by Gasteiger charge is 2.14. The van der Waals surface area contributed by atoms with Crippen molar-refractivity contribution in [3.63, 3.8) is 0 Å². The second-order valence-electron chi connectivity index (χ2n) is 2.12. The summed E-state index contributed by atoms with van der Waals surface area (Å²) in [7, 11) is -2.77. The smallest absolute Gasteiger partial charge is 0.321 e. The Kier molecular flexibility index (Phi) is 2.79. The highest BCUT2D eigenvalue weighted by atomic mass is 32.2. The van der Waals surface area contributed by atoms with Gasteiger partial charge in [0.1, 0.15) is 6.04 Å². The van der Waals surface area contributed by atoms with Crippen LogP contribution in [-0.2, 0) is 14.5 Å². The monoisotopic (exact) mass is 166 g/mol. The Morgan fingerprint density at radius 1 is 1.90 bits per heavy atom. The summed E-state index contributed by atoms with van der Waals surface area (Å²) in [4.78, 5) is 10.0. The van der Waals surface area contributed by atoms with E-state index in [4.69, 9.17) is 15.6 Å². The van der Waals surface area contributed by atoms with E-state index in [0.29, 0.717) is 0 Å². The normalized spacial score (nSPS) is 19.4. The van der Waals surface area contributed by atoms with E-state index in [-0.39, 0.29) is 5.75 Å². The summed E-state index contributed by atoms with van der Waals surface area (Å²) in [5, 5.41) is 8.21. The van der Waals surface area contributed by atoms with Crippen molar-refractivity contribution in [2.24, 2.45) is 5.73 Å². The van der Waals surface area contributed by atoms with E-state index in [1.54, 1.807) is 0 Å². The maximum Gasteiger partial charge on any atom is 0.321 e. The highest BCUT2D eigenvalue weighted by molar-refractivity contribution is 7.91. The summed E-state index contributed by atoms with van der Waals surface area (Å²) in [6.45, 7) is 0. The minimum absolute atomic E-state index is 0.289. The molecule has 0 aromatic carbocycles. The van der Waals surface area contributed by atoms with Crippen molar-refractivity contribution in [2.45, 2.75) is 6.04 Å². The van der Waals surface area contributed by atoms with Crippen molar-refractivity contribution in [3.05, 3.63) is 0 Å². The van der Waals surface area contributed by atoms with Crippen LogP contribution in [0, 0.1) is 4.78 Å². The molecule has 0 aliphatic rings. The van der Waals surface area contributed by atoms with Crippen LogP contribution in [0.4, 0.5) is 0 Å². The standard InChI is InChI=1S/C4H10N2O3S/c1-10(6,9)2-3(5)4(7)8/h3,6H,2,5H2,1H3,(H,7,8)/t3-,10?/m0/s1. The summed E-state index contributed by atoms with van der Waals surface area (Å²) in [6.07, 6.45) is 1.16. The zero-order valence-electron chi connectivity index (χ0n) is 5.53. The molecule has 0 aromatic heterocycles. The predicted octanol–water partition coefficient (Wildman–Crippen LogP) is -0.925. The first kappa shape index (κ1) is 9.38. The molecule has 6 heteroatoms. The molecule has 1 unspecified atom stereocenters. The topological polar surface area (TPSA) is 104 Å². The van der Waals surface area contributed by atoms with E-state index < -0.39 is 21.7 Å². The van der Waals surface area contributed by atoms with Gasteiger partial charge in [-0.3, -0.25) is 13.8 Å². The third kappa shape index (κ3) is 4.28. The number of carboxylic acid groups (broad SMARTS) is 1.